The molecule has 0 aliphatic carbocycles. The molecule has 3 aromatic rings. The van der Waals surface area contributed by atoms with E-state index in [1.54, 1.807) is 13.2 Å². The van der Waals surface area contributed by atoms with Crippen molar-refractivity contribution in [3.8, 4) is 23.1 Å². The number of pyridine rings is 1. The highest BCUT2D eigenvalue weighted by molar-refractivity contribution is 7.14. The van der Waals surface area contributed by atoms with Gasteiger partial charge in [0.05, 0.1) is 12.8 Å². The average molecular weight is 366 g/mol. The second-order valence-electron chi connectivity index (χ2n) is 5.61. The van der Waals surface area contributed by atoms with Gasteiger partial charge in [-0.25, -0.2) is 4.98 Å². The van der Waals surface area contributed by atoms with E-state index in [0.29, 0.717) is 13.0 Å². The van der Waals surface area contributed by atoms with Gasteiger partial charge in [0.25, 0.3) is 5.56 Å². The highest BCUT2D eigenvalue weighted by atomic mass is 32.1. The largest absolute Gasteiger partial charge is 0.497 e. The minimum Gasteiger partial charge on any atom is -0.497 e. The molecule has 2 aromatic heterocycles. The van der Waals surface area contributed by atoms with Crippen LogP contribution in [0.1, 0.15) is 23.7 Å². The van der Waals surface area contributed by atoms with Gasteiger partial charge in [0.1, 0.15) is 17.4 Å². The number of H-pyrrole nitrogens is 1. The molecule has 0 saturated carbocycles. The Morgan fingerprint density at radius 3 is 2.77 bits per heavy atom. The van der Waals surface area contributed by atoms with Gasteiger partial charge in [-0.2, -0.15) is 5.26 Å². The third-order valence-corrected chi connectivity index (χ3v) is 4.78. The van der Waals surface area contributed by atoms with Crippen LogP contribution in [0.4, 0.5) is 5.13 Å². The monoisotopic (exact) mass is 366 g/mol. The first-order valence-electron chi connectivity index (χ1n) is 8.13. The molecule has 0 radical (unpaired) electrons. The third-order valence-electron chi connectivity index (χ3n) is 3.98. The Hall–Kier alpha value is -3.11. The number of aromatic amines is 1. The van der Waals surface area contributed by atoms with Crippen LogP contribution in [0, 0.1) is 11.3 Å². The second-order valence-corrected chi connectivity index (χ2v) is 6.47. The van der Waals surface area contributed by atoms with Crippen molar-refractivity contribution in [1.29, 1.82) is 5.26 Å². The number of nitrogens with zero attached hydrogens (tertiary/aromatic N) is 2. The minimum absolute atomic E-state index is 0.0953. The van der Waals surface area contributed by atoms with Gasteiger partial charge < -0.3 is 15.0 Å². The van der Waals surface area contributed by atoms with Crippen LogP contribution in [0.5, 0.6) is 5.75 Å². The van der Waals surface area contributed by atoms with E-state index in [1.165, 1.54) is 11.3 Å². The number of hydrogen-bond donors (Lipinski definition) is 2. The molecule has 2 N–H and O–H groups in total. The van der Waals surface area contributed by atoms with Crippen molar-refractivity contribution in [2.75, 3.05) is 12.4 Å². The Balaban J connectivity index is 1.79. The molecule has 0 fully saturated rings. The Morgan fingerprint density at radius 1 is 1.35 bits per heavy atom. The maximum absolute atomic E-state index is 11.8. The summed E-state index contributed by atoms with van der Waals surface area (Å²) in [5.74, 6) is 0.823. The number of aromatic nitrogens is 2. The molecule has 132 valence electrons. The smallest absolute Gasteiger partial charge is 0.266 e. The Morgan fingerprint density at radius 2 is 2.12 bits per heavy atom. The summed E-state index contributed by atoms with van der Waals surface area (Å²) in [5, 5.41) is 15.1. The van der Waals surface area contributed by atoms with Crippen molar-refractivity contribution >= 4 is 16.5 Å². The molecule has 2 heterocycles. The van der Waals surface area contributed by atoms with E-state index in [9.17, 15) is 4.79 Å². The second kappa shape index (κ2) is 7.85. The van der Waals surface area contributed by atoms with Gasteiger partial charge in [0, 0.05) is 23.2 Å². The predicted molar refractivity (Wildman–Crippen MR) is 103 cm³/mol. The quantitative estimate of drug-likeness (QED) is 0.696. The van der Waals surface area contributed by atoms with E-state index in [0.717, 1.165) is 33.4 Å². The molecule has 0 saturated heterocycles. The van der Waals surface area contributed by atoms with Gasteiger partial charge in [-0.3, -0.25) is 4.79 Å². The van der Waals surface area contributed by atoms with Gasteiger partial charge in [-0.1, -0.05) is 19.1 Å². The normalized spacial score (nSPS) is 10.3. The van der Waals surface area contributed by atoms with Crippen molar-refractivity contribution in [3.63, 3.8) is 0 Å². The van der Waals surface area contributed by atoms with E-state index in [-0.39, 0.29) is 11.1 Å². The lowest BCUT2D eigenvalue weighted by Crippen LogP contribution is -2.13. The molecule has 0 amide bonds. The summed E-state index contributed by atoms with van der Waals surface area (Å²) in [4.78, 5) is 19.2. The zero-order valence-electron chi connectivity index (χ0n) is 14.5. The SMILES string of the molecule is CCc1[nH]c(=O)c(C#N)cc1-c1csc(NCc2ccc(OC)cc2)n1. The molecule has 1 aromatic carbocycles. The van der Waals surface area contributed by atoms with Gasteiger partial charge >= 0.3 is 0 Å². The van der Waals surface area contributed by atoms with E-state index < -0.39 is 0 Å². The highest BCUT2D eigenvalue weighted by Gasteiger charge is 2.12. The highest BCUT2D eigenvalue weighted by Crippen LogP contribution is 2.27. The van der Waals surface area contributed by atoms with Crippen LogP contribution >= 0.6 is 11.3 Å². The molecule has 6 nitrogen and oxygen atoms in total. The van der Waals surface area contributed by atoms with Crippen LogP contribution < -0.4 is 15.6 Å². The fraction of sp³-hybridized carbons (Fsp3) is 0.211. The first-order valence-corrected chi connectivity index (χ1v) is 9.01. The van der Waals surface area contributed by atoms with Crippen molar-refractivity contribution in [3.05, 3.63) is 62.9 Å². The van der Waals surface area contributed by atoms with Crippen molar-refractivity contribution < 1.29 is 4.74 Å². The third kappa shape index (κ3) is 3.76. The summed E-state index contributed by atoms with van der Waals surface area (Å²) < 4.78 is 5.15. The summed E-state index contributed by atoms with van der Waals surface area (Å²) in [6.45, 7) is 2.60. The molecular formula is C19H18N4O2S. The van der Waals surface area contributed by atoms with Gasteiger partial charge in [0.2, 0.25) is 0 Å². The van der Waals surface area contributed by atoms with Crippen LogP contribution in [-0.2, 0) is 13.0 Å². The molecule has 26 heavy (non-hydrogen) atoms. The number of nitriles is 1. The summed E-state index contributed by atoms with van der Waals surface area (Å²) >= 11 is 1.49. The topological polar surface area (TPSA) is 90.8 Å². The lowest BCUT2D eigenvalue weighted by Gasteiger charge is -2.06. The van der Waals surface area contributed by atoms with E-state index >= 15 is 0 Å². The first-order chi connectivity index (χ1) is 12.6. The van der Waals surface area contributed by atoms with Crippen LogP contribution in [0.25, 0.3) is 11.3 Å². The fourth-order valence-corrected chi connectivity index (χ4v) is 3.27. The van der Waals surface area contributed by atoms with Crippen LogP contribution in [0.15, 0.2) is 40.5 Å². The maximum atomic E-state index is 11.8. The zero-order valence-corrected chi connectivity index (χ0v) is 15.3. The summed E-state index contributed by atoms with van der Waals surface area (Å²) in [6.07, 6.45) is 0.655. The molecule has 0 unspecified atom stereocenters. The molecule has 0 spiro atoms. The first kappa shape index (κ1) is 17.7. The van der Waals surface area contributed by atoms with Gasteiger partial charge in [-0.05, 0) is 30.2 Å². The number of aryl methyl sites for hydroxylation is 1. The predicted octanol–water partition coefficient (Wildman–Crippen LogP) is 3.55. The minimum atomic E-state index is -0.360. The standard InChI is InChI=1S/C19H18N4O2S/c1-3-16-15(8-13(9-20)18(24)22-16)17-11-26-19(23-17)21-10-12-4-6-14(25-2)7-5-12/h4-8,11H,3,10H2,1-2H3,(H,21,23)(H,22,24). The number of ether oxygens (including phenoxy) is 1. The Labute approximate surface area is 155 Å². The van der Waals surface area contributed by atoms with Crippen molar-refractivity contribution in [1.82, 2.24) is 9.97 Å². The fourth-order valence-electron chi connectivity index (χ4n) is 2.56. The molecule has 3 rings (SSSR count). The lowest BCUT2D eigenvalue weighted by molar-refractivity contribution is 0.414. The average Bonchev–Trinajstić information content (AvgIpc) is 3.15. The number of rotatable bonds is 6. The van der Waals surface area contributed by atoms with Crippen molar-refractivity contribution in [2.24, 2.45) is 0 Å². The summed E-state index contributed by atoms with van der Waals surface area (Å²) in [6, 6.07) is 11.4. The molecule has 0 bridgehead atoms. The van der Waals surface area contributed by atoms with Gasteiger partial charge in [0.15, 0.2) is 5.13 Å². The van der Waals surface area contributed by atoms with Crippen LogP contribution in [-0.4, -0.2) is 17.1 Å². The number of nitrogens with one attached hydrogen (secondary N) is 2. The lowest BCUT2D eigenvalue weighted by atomic mass is 10.1. The van der Waals surface area contributed by atoms with Gasteiger partial charge in [-0.15, -0.1) is 11.3 Å². The maximum Gasteiger partial charge on any atom is 0.266 e. The number of methoxy groups -OCH3 is 1. The van der Waals surface area contributed by atoms with Crippen LogP contribution in [0.2, 0.25) is 0 Å². The number of thiazole rings is 1. The Kier molecular flexibility index (Phi) is 5.34. The number of hydrogen-bond acceptors (Lipinski definition) is 6. The summed E-state index contributed by atoms with van der Waals surface area (Å²) in [5.41, 5.74) is 3.17. The van der Waals surface area contributed by atoms with E-state index in [4.69, 9.17) is 10.00 Å². The van der Waals surface area contributed by atoms with E-state index in [1.807, 2.05) is 42.6 Å². The molecular weight excluding hydrogens is 348 g/mol. The number of anilines is 1. The van der Waals surface area contributed by atoms with E-state index in [2.05, 4.69) is 15.3 Å². The summed E-state index contributed by atoms with van der Waals surface area (Å²) in [7, 11) is 1.64. The molecule has 0 atom stereocenters. The molecule has 7 heteroatoms. The molecule has 0 aliphatic rings. The number of benzene rings is 1. The zero-order chi connectivity index (χ0) is 18.5. The molecule has 0 aliphatic heterocycles. The Bertz CT molecular complexity index is 1000. The van der Waals surface area contributed by atoms with Crippen LogP contribution in [0.3, 0.4) is 0 Å². The van der Waals surface area contributed by atoms with Crippen molar-refractivity contribution in [2.45, 2.75) is 19.9 Å².